The number of likely N-dealkylation sites (N-methyl/N-ethyl adjacent to an activating group) is 1. The van der Waals surface area contributed by atoms with Crippen LogP contribution in [-0.4, -0.2) is 35.1 Å². The van der Waals surface area contributed by atoms with Gasteiger partial charge in [-0.2, -0.15) is 0 Å². The number of halogens is 1. The molecule has 2 aromatic rings. The normalized spacial score (nSPS) is 11.7. The Morgan fingerprint density at radius 2 is 1.79 bits per heavy atom. The van der Waals surface area contributed by atoms with Crippen LogP contribution in [0.25, 0.3) is 0 Å². The summed E-state index contributed by atoms with van der Waals surface area (Å²) >= 11 is 7.96. The average molecular weight is 433 g/mol. The molecule has 0 aliphatic rings. The molecule has 2 amide bonds. The van der Waals surface area contributed by atoms with Gasteiger partial charge in [0, 0.05) is 35.2 Å². The van der Waals surface area contributed by atoms with Crippen molar-refractivity contribution in [2.45, 2.75) is 51.1 Å². The molecular formula is C23H29ClN2O2S. The van der Waals surface area contributed by atoms with Crippen LogP contribution in [0.4, 0.5) is 0 Å². The number of aryl methyl sites for hydroxylation is 1. The second-order valence-electron chi connectivity index (χ2n) is 6.84. The van der Waals surface area contributed by atoms with Gasteiger partial charge in [-0.3, -0.25) is 9.59 Å². The molecule has 2 rings (SSSR count). The Bertz CT molecular complexity index is 811. The largest absolute Gasteiger partial charge is 0.355 e. The third-order valence-corrected chi connectivity index (χ3v) is 6.02. The number of amides is 2. The fraction of sp³-hybridized carbons (Fsp3) is 0.391. The maximum atomic E-state index is 13.1. The highest BCUT2D eigenvalue weighted by atomic mass is 35.5. The molecule has 0 aliphatic carbocycles. The summed E-state index contributed by atoms with van der Waals surface area (Å²) in [6.07, 6.45) is 0.909. The predicted octanol–water partition coefficient (Wildman–Crippen LogP) is 5.07. The van der Waals surface area contributed by atoms with Crippen molar-refractivity contribution in [1.29, 1.82) is 0 Å². The molecule has 0 fully saturated rings. The zero-order chi connectivity index (χ0) is 21.2. The number of benzene rings is 2. The van der Waals surface area contributed by atoms with E-state index in [4.69, 9.17) is 11.6 Å². The molecule has 0 aromatic heterocycles. The van der Waals surface area contributed by atoms with Gasteiger partial charge in [-0.1, -0.05) is 54.4 Å². The van der Waals surface area contributed by atoms with Crippen molar-refractivity contribution in [1.82, 2.24) is 10.2 Å². The fourth-order valence-electron chi connectivity index (χ4n) is 3.06. The summed E-state index contributed by atoms with van der Waals surface area (Å²) in [6, 6.07) is 15.2. The first kappa shape index (κ1) is 23.3. The van der Waals surface area contributed by atoms with E-state index in [1.807, 2.05) is 32.0 Å². The molecule has 1 atom stereocenters. The molecule has 0 saturated carbocycles. The lowest BCUT2D eigenvalue weighted by Gasteiger charge is -2.31. The lowest BCUT2D eigenvalue weighted by molar-refractivity contribution is -0.141. The molecule has 0 spiro atoms. The summed E-state index contributed by atoms with van der Waals surface area (Å²) in [5, 5.41) is 3.45. The molecule has 0 aliphatic heterocycles. The Balaban J connectivity index is 2.11. The molecule has 2 aromatic carbocycles. The van der Waals surface area contributed by atoms with Crippen LogP contribution in [0.15, 0.2) is 53.4 Å². The number of carbonyl (C=O) groups excluding carboxylic acids is 2. The predicted molar refractivity (Wildman–Crippen MR) is 121 cm³/mol. The summed E-state index contributed by atoms with van der Waals surface area (Å²) in [7, 11) is 0. The van der Waals surface area contributed by atoms with Crippen LogP contribution in [-0.2, 0) is 16.1 Å². The Morgan fingerprint density at radius 3 is 2.41 bits per heavy atom. The molecular weight excluding hydrogens is 404 g/mol. The Hall–Kier alpha value is -1.98. The van der Waals surface area contributed by atoms with Gasteiger partial charge in [0.25, 0.3) is 0 Å². The van der Waals surface area contributed by atoms with Gasteiger partial charge in [0.15, 0.2) is 0 Å². The molecule has 156 valence electrons. The molecule has 1 N–H and O–H groups in total. The maximum Gasteiger partial charge on any atom is 0.242 e. The average Bonchev–Trinajstić information content (AvgIpc) is 2.71. The molecule has 29 heavy (non-hydrogen) atoms. The van der Waals surface area contributed by atoms with Crippen LogP contribution in [0.5, 0.6) is 0 Å². The van der Waals surface area contributed by atoms with E-state index < -0.39 is 6.04 Å². The van der Waals surface area contributed by atoms with Crippen LogP contribution < -0.4 is 5.32 Å². The molecule has 4 nitrogen and oxygen atoms in total. The number of rotatable bonds is 10. The van der Waals surface area contributed by atoms with Crippen LogP contribution in [0, 0.1) is 6.92 Å². The van der Waals surface area contributed by atoms with E-state index in [1.165, 1.54) is 5.56 Å². The van der Waals surface area contributed by atoms with Crippen LogP contribution in [0.1, 0.15) is 37.8 Å². The van der Waals surface area contributed by atoms with Crippen molar-refractivity contribution in [2.75, 3.05) is 12.3 Å². The van der Waals surface area contributed by atoms with Crippen molar-refractivity contribution in [3.8, 4) is 0 Å². The summed E-state index contributed by atoms with van der Waals surface area (Å²) in [5.41, 5.74) is 2.06. The second kappa shape index (κ2) is 11.9. The number of nitrogens with zero attached hydrogens (tertiary/aromatic N) is 1. The lowest BCUT2D eigenvalue weighted by Crippen LogP contribution is -2.49. The van der Waals surface area contributed by atoms with E-state index in [9.17, 15) is 9.59 Å². The maximum absolute atomic E-state index is 13.1. The second-order valence-corrected chi connectivity index (χ2v) is 8.42. The van der Waals surface area contributed by atoms with Gasteiger partial charge in [-0.25, -0.2) is 0 Å². The quantitative estimate of drug-likeness (QED) is 0.533. The summed E-state index contributed by atoms with van der Waals surface area (Å²) in [6.45, 7) is 6.71. The molecule has 0 heterocycles. The zero-order valence-corrected chi connectivity index (χ0v) is 18.9. The molecule has 0 bridgehead atoms. The van der Waals surface area contributed by atoms with Crippen molar-refractivity contribution < 1.29 is 9.59 Å². The van der Waals surface area contributed by atoms with Crippen molar-refractivity contribution >= 4 is 35.2 Å². The van der Waals surface area contributed by atoms with E-state index in [1.54, 1.807) is 22.7 Å². The first-order chi connectivity index (χ1) is 14.0. The molecule has 0 saturated heterocycles. The van der Waals surface area contributed by atoms with Crippen molar-refractivity contribution in [2.24, 2.45) is 0 Å². The number of thioether (sulfide) groups is 1. The summed E-state index contributed by atoms with van der Waals surface area (Å²) < 4.78 is 0. The van der Waals surface area contributed by atoms with Gasteiger partial charge in [0.05, 0.1) is 0 Å². The highest BCUT2D eigenvalue weighted by molar-refractivity contribution is 7.99. The number of carbonyl (C=O) groups is 2. The minimum absolute atomic E-state index is 0.0392. The third kappa shape index (κ3) is 7.09. The standard InChI is InChI=1S/C23H29ClN2O2S/c1-4-21(23(28)25-5-2)26(16-18-8-6-7-9-20(18)24)22(27)14-15-29-19-12-10-17(3)11-13-19/h6-13,21H,4-5,14-16H2,1-3H3,(H,25,28)/t21-/m1/s1. The smallest absolute Gasteiger partial charge is 0.242 e. The van der Waals surface area contributed by atoms with Crippen molar-refractivity contribution in [3.05, 3.63) is 64.7 Å². The third-order valence-electron chi connectivity index (χ3n) is 4.64. The Labute approximate surface area is 183 Å². The topological polar surface area (TPSA) is 49.4 Å². The number of hydrogen-bond donors (Lipinski definition) is 1. The van der Waals surface area contributed by atoms with Gasteiger partial charge in [0.2, 0.25) is 11.8 Å². The number of hydrogen-bond acceptors (Lipinski definition) is 3. The Kier molecular flexibility index (Phi) is 9.55. The minimum atomic E-state index is -0.511. The first-order valence-corrected chi connectivity index (χ1v) is 11.3. The van der Waals surface area contributed by atoms with Gasteiger partial charge in [0.1, 0.15) is 6.04 Å². The van der Waals surface area contributed by atoms with Crippen LogP contribution in [0.2, 0.25) is 5.02 Å². The van der Waals surface area contributed by atoms with Gasteiger partial charge < -0.3 is 10.2 Å². The van der Waals surface area contributed by atoms with Gasteiger partial charge in [-0.15, -0.1) is 11.8 Å². The lowest BCUT2D eigenvalue weighted by atomic mass is 10.1. The number of nitrogens with one attached hydrogen (secondary N) is 1. The van der Waals surface area contributed by atoms with Gasteiger partial charge in [-0.05, 0) is 44.0 Å². The van der Waals surface area contributed by atoms with Crippen LogP contribution >= 0.6 is 23.4 Å². The molecule has 6 heteroatoms. The molecule has 0 unspecified atom stereocenters. The zero-order valence-electron chi connectivity index (χ0n) is 17.3. The van der Waals surface area contributed by atoms with Crippen LogP contribution in [0.3, 0.4) is 0 Å². The SMILES string of the molecule is CCNC(=O)[C@@H](CC)N(Cc1ccccc1Cl)C(=O)CCSc1ccc(C)cc1. The summed E-state index contributed by atoms with van der Waals surface area (Å²) in [5.74, 6) is 0.497. The van der Waals surface area contributed by atoms with Crippen molar-refractivity contribution in [3.63, 3.8) is 0 Å². The van der Waals surface area contributed by atoms with Gasteiger partial charge >= 0.3 is 0 Å². The first-order valence-electron chi connectivity index (χ1n) is 9.96. The van der Waals surface area contributed by atoms with E-state index in [0.717, 1.165) is 10.5 Å². The fourth-order valence-corrected chi connectivity index (χ4v) is 4.09. The van der Waals surface area contributed by atoms with E-state index in [0.29, 0.717) is 36.7 Å². The van der Waals surface area contributed by atoms with E-state index in [2.05, 4.69) is 36.5 Å². The highest BCUT2D eigenvalue weighted by Gasteiger charge is 2.28. The van der Waals surface area contributed by atoms with E-state index in [-0.39, 0.29) is 11.8 Å². The summed E-state index contributed by atoms with van der Waals surface area (Å²) in [4.78, 5) is 28.5. The van der Waals surface area contributed by atoms with E-state index >= 15 is 0 Å². The minimum Gasteiger partial charge on any atom is -0.355 e. The highest BCUT2D eigenvalue weighted by Crippen LogP contribution is 2.23. The molecule has 0 radical (unpaired) electrons. The Morgan fingerprint density at radius 1 is 1.10 bits per heavy atom. The monoisotopic (exact) mass is 432 g/mol.